The van der Waals surface area contributed by atoms with Gasteiger partial charge in [0, 0.05) is 6.42 Å². The maximum absolute atomic E-state index is 8.39. The van der Waals surface area contributed by atoms with Crippen LogP contribution in [0, 0.1) is 0 Å². The molecular weight excluding hydrogens is 200 g/mol. The summed E-state index contributed by atoms with van der Waals surface area (Å²) in [4.78, 5) is 0. The SMILES string of the molecule is Cl.NC(CC1=Cc2ccccc21)=NO. The minimum Gasteiger partial charge on any atom is -0.409 e. The molecule has 0 heterocycles. The van der Waals surface area contributed by atoms with Gasteiger partial charge in [0.15, 0.2) is 0 Å². The van der Waals surface area contributed by atoms with Gasteiger partial charge in [0.2, 0.25) is 0 Å². The second kappa shape index (κ2) is 4.15. The van der Waals surface area contributed by atoms with Crippen molar-refractivity contribution in [1.29, 1.82) is 0 Å². The molecule has 2 rings (SSSR count). The van der Waals surface area contributed by atoms with E-state index in [2.05, 4.69) is 5.16 Å². The third kappa shape index (κ3) is 1.72. The van der Waals surface area contributed by atoms with Crippen molar-refractivity contribution in [2.45, 2.75) is 6.42 Å². The molecule has 3 N–H and O–H groups in total. The molecular formula is C10H11ClN2O. The molecule has 3 nitrogen and oxygen atoms in total. The van der Waals surface area contributed by atoms with Crippen LogP contribution in [0.2, 0.25) is 0 Å². The van der Waals surface area contributed by atoms with Gasteiger partial charge in [0.05, 0.1) is 0 Å². The van der Waals surface area contributed by atoms with E-state index < -0.39 is 0 Å². The van der Waals surface area contributed by atoms with Gasteiger partial charge >= 0.3 is 0 Å². The number of oxime groups is 1. The molecule has 1 aliphatic rings. The molecule has 74 valence electrons. The summed E-state index contributed by atoms with van der Waals surface area (Å²) in [6.07, 6.45) is 2.57. The second-order valence-electron chi connectivity index (χ2n) is 3.02. The first kappa shape index (κ1) is 10.6. The molecule has 0 aliphatic heterocycles. The molecule has 0 atom stereocenters. The van der Waals surface area contributed by atoms with Gasteiger partial charge in [-0.05, 0) is 16.7 Å². The quantitative estimate of drug-likeness (QED) is 0.340. The van der Waals surface area contributed by atoms with E-state index in [0.717, 1.165) is 5.57 Å². The van der Waals surface area contributed by atoms with Crippen molar-refractivity contribution in [3.63, 3.8) is 0 Å². The van der Waals surface area contributed by atoms with Crippen molar-refractivity contribution >= 4 is 29.9 Å². The number of benzene rings is 1. The summed E-state index contributed by atoms with van der Waals surface area (Å²) in [5.74, 6) is 0.251. The van der Waals surface area contributed by atoms with Crippen LogP contribution in [0.25, 0.3) is 11.6 Å². The lowest BCUT2D eigenvalue weighted by Crippen LogP contribution is -2.14. The lowest BCUT2D eigenvalue weighted by atomic mass is 9.86. The number of halogens is 1. The average Bonchev–Trinajstić information content (AvgIpc) is 2.14. The van der Waals surface area contributed by atoms with Gasteiger partial charge in [-0.3, -0.25) is 0 Å². The van der Waals surface area contributed by atoms with Gasteiger partial charge in [0.1, 0.15) is 5.84 Å². The van der Waals surface area contributed by atoms with Crippen LogP contribution < -0.4 is 5.73 Å². The number of hydrogen-bond acceptors (Lipinski definition) is 2. The van der Waals surface area contributed by atoms with Gasteiger partial charge in [-0.2, -0.15) is 0 Å². The lowest BCUT2D eigenvalue weighted by molar-refractivity contribution is 0.317. The Morgan fingerprint density at radius 2 is 2.07 bits per heavy atom. The Morgan fingerprint density at radius 1 is 1.36 bits per heavy atom. The Morgan fingerprint density at radius 3 is 2.71 bits per heavy atom. The smallest absolute Gasteiger partial charge is 0.143 e. The largest absolute Gasteiger partial charge is 0.409 e. The summed E-state index contributed by atoms with van der Waals surface area (Å²) in [6.45, 7) is 0. The fourth-order valence-electron chi connectivity index (χ4n) is 1.48. The van der Waals surface area contributed by atoms with Crippen molar-refractivity contribution in [2.75, 3.05) is 0 Å². The van der Waals surface area contributed by atoms with Crippen LogP contribution in [0.15, 0.2) is 29.4 Å². The van der Waals surface area contributed by atoms with Gasteiger partial charge in [-0.1, -0.05) is 35.5 Å². The molecule has 0 fully saturated rings. The highest BCUT2D eigenvalue weighted by atomic mass is 35.5. The molecule has 0 saturated carbocycles. The van der Waals surface area contributed by atoms with E-state index in [1.807, 2.05) is 30.3 Å². The molecule has 1 aromatic carbocycles. The molecule has 1 aliphatic carbocycles. The Balaban J connectivity index is 0.000000980. The topological polar surface area (TPSA) is 58.6 Å². The Labute approximate surface area is 88.3 Å². The molecule has 0 spiro atoms. The first-order valence-corrected chi connectivity index (χ1v) is 4.07. The lowest BCUT2D eigenvalue weighted by Gasteiger charge is -2.18. The molecule has 0 aromatic heterocycles. The van der Waals surface area contributed by atoms with Crippen molar-refractivity contribution in [1.82, 2.24) is 0 Å². The van der Waals surface area contributed by atoms with Crippen molar-refractivity contribution in [2.24, 2.45) is 10.9 Å². The van der Waals surface area contributed by atoms with Crippen LogP contribution in [0.4, 0.5) is 0 Å². The molecule has 0 saturated heterocycles. The van der Waals surface area contributed by atoms with Crippen molar-refractivity contribution < 1.29 is 5.21 Å². The monoisotopic (exact) mass is 210 g/mol. The van der Waals surface area contributed by atoms with E-state index in [0.29, 0.717) is 6.42 Å². The van der Waals surface area contributed by atoms with Gasteiger partial charge in [-0.25, -0.2) is 0 Å². The van der Waals surface area contributed by atoms with Crippen LogP contribution >= 0.6 is 12.4 Å². The van der Waals surface area contributed by atoms with E-state index in [1.165, 1.54) is 11.1 Å². The standard InChI is InChI=1S/C10H10N2O.ClH/c11-10(12-13)6-8-5-7-3-1-2-4-9(7)8;/h1-5,13H,6H2,(H2,11,12);1H. The van der Waals surface area contributed by atoms with Gasteiger partial charge in [-0.15, -0.1) is 12.4 Å². The third-order valence-corrected chi connectivity index (χ3v) is 2.14. The molecule has 0 unspecified atom stereocenters. The zero-order chi connectivity index (χ0) is 9.26. The predicted molar refractivity (Wildman–Crippen MR) is 59.6 cm³/mol. The maximum atomic E-state index is 8.39. The number of rotatable bonds is 2. The molecule has 4 heteroatoms. The summed E-state index contributed by atoms with van der Waals surface area (Å²) in [6, 6.07) is 8.06. The van der Waals surface area contributed by atoms with E-state index in [-0.39, 0.29) is 18.2 Å². The van der Waals surface area contributed by atoms with Gasteiger partial charge in [0.25, 0.3) is 0 Å². The first-order valence-electron chi connectivity index (χ1n) is 4.07. The number of amidine groups is 1. The van der Waals surface area contributed by atoms with Crippen molar-refractivity contribution in [3.8, 4) is 0 Å². The van der Waals surface area contributed by atoms with Crippen LogP contribution in [-0.2, 0) is 0 Å². The summed E-state index contributed by atoms with van der Waals surface area (Å²) in [5, 5.41) is 11.3. The molecule has 0 amide bonds. The highest BCUT2D eigenvalue weighted by Crippen LogP contribution is 2.33. The van der Waals surface area contributed by atoms with E-state index in [9.17, 15) is 0 Å². The van der Waals surface area contributed by atoms with Crippen LogP contribution in [0.1, 0.15) is 17.5 Å². The summed E-state index contributed by atoms with van der Waals surface area (Å²) in [5.41, 5.74) is 8.96. The third-order valence-electron chi connectivity index (χ3n) is 2.14. The number of hydrogen-bond donors (Lipinski definition) is 2. The fraction of sp³-hybridized carbons (Fsp3) is 0.100. The first-order chi connectivity index (χ1) is 6.31. The van der Waals surface area contributed by atoms with E-state index in [1.54, 1.807) is 0 Å². The Hall–Kier alpha value is -1.48. The van der Waals surface area contributed by atoms with E-state index >= 15 is 0 Å². The van der Waals surface area contributed by atoms with Crippen LogP contribution in [0.3, 0.4) is 0 Å². The highest BCUT2D eigenvalue weighted by Gasteiger charge is 2.15. The number of fused-ring (bicyclic) bond motifs is 1. The number of nitrogens with zero attached hydrogens (tertiary/aromatic N) is 1. The summed E-state index contributed by atoms with van der Waals surface area (Å²) in [7, 11) is 0. The molecule has 14 heavy (non-hydrogen) atoms. The highest BCUT2D eigenvalue weighted by molar-refractivity contribution is 6.03. The average molecular weight is 211 g/mol. The normalized spacial score (nSPS) is 13.4. The Kier molecular flexibility index (Phi) is 3.14. The zero-order valence-electron chi connectivity index (χ0n) is 7.47. The minimum absolute atomic E-state index is 0. The van der Waals surface area contributed by atoms with E-state index in [4.69, 9.17) is 10.9 Å². The minimum atomic E-state index is 0. The van der Waals surface area contributed by atoms with Crippen molar-refractivity contribution in [3.05, 3.63) is 35.4 Å². The van der Waals surface area contributed by atoms with Gasteiger partial charge < -0.3 is 10.9 Å². The van der Waals surface area contributed by atoms with Crippen LogP contribution in [-0.4, -0.2) is 11.0 Å². The predicted octanol–water partition coefficient (Wildman–Crippen LogP) is 2.10. The molecule has 0 bridgehead atoms. The fourth-order valence-corrected chi connectivity index (χ4v) is 1.48. The second-order valence-corrected chi connectivity index (χ2v) is 3.02. The Bertz CT molecular complexity index is 399. The van der Waals surface area contributed by atoms with Crippen LogP contribution in [0.5, 0.6) is 0 Å². The summed E-state index contributed by atoms with van der Waals surface area (Å²) < 4.78 is 0. The summed E-state index contributed by atoms with van der Waals surface area (Å²) >= 11 is 0. The molecule has 0 radical (unpaired) electrons. The molecule has 1 aromatic rings. The maximum Gasteiger partial charge on any atom is 0.143 e. The zero-order valence-corrected chi connectivity index (χ0v) is 8.29. The number of nitrogens with two attached hydrogens (primary N) is 1.